The molecule has 1 aliphatic heterocycles. The number of nitriles is 1. The molecule has 2 aliphatic rings. The number of nitrogens with zero attached hydrogens (tertiary/aromatic N) is 2. The summed E-state index contributed by atoms with van der Waals surface area (Å²) >= 11 is 0. The summed E-state index contributed by atoms with van der Waals surface area (Å²) < 4.78 is 0. The van der Waals surface area contributed by atoms with Crippen LogP contribution in [0.4, 0.5) is 0 Å². The molecule has 78 valence electrons. The van der Waals surface area contributed by atoms with E-state index in [1.165, 1.54) is 25.9 Å². The molecule has 1 heterocycles. The molecule has 0 bridgehead atoms. The van der Waals surface area contributed by atoms with E-state index >= 15 is 0 Å². The van der Waals surface area contributed by atoms with Gasteiger partial charge in [0.15, 0.2) is 0 Å². The molecule has 2 heteroatoms. The Bertz CT molecular complexity index is 248. The molecule has 14 heavy (non-hydrogen) atoms. The van der Waals surface area contributed by atoms with Crippen LogP contribution in [0.5, 0.6) is 0 Å². The Balaban J connectivity index is 1.82. The third kappa shape index (κ3) is 2.09. The zero-order valence-corrected chi connectivity index (χ0v) is 9.34. The van der Waals surface area contributed by atoms with Crippen LogP contribution in [0.25, 0.3) is 0 Å². The van der Waals surface area contributed by atoms with Crippen molar-refractivity contribution in [3.63, 3.8) is 0 Å². The van der Waals surface area contributed by atoms with Crippen LogP contribution in [0.15, 0.2) is 0 Å². The molecule has 0 radical (unpaired) electrons. The molecule has 1 aliphatic carbocycles. The van der Waals surface area contributed by atoms with Gasteiger partial charge in [0.25, 0.3) is 0 Å². The Hall–Kier alpha value is -0.550. The highest BCUT2D eigenvalue weighted by atomic mass is 15.1. The van der Waals surface area contributed by atoms with E-state index in [2.05, 4.69) is 24.8 Å². The van der Waals surface area contributed by atoms with Crippen molar-refractivity contribution in [1.29, 1.82) is 5.26 Å². The lowest BCUT2D eigenvalue weighted by Crippen LogP contribution is -2.40. The van der Waals surface area contributed by atoms with Gasteiger partial charge in [-0.05, 0) is 44.2 Å². The average molecular weight is 192 g/mol. The predicted octanol–water partition coefficient (Wildman–Crippen LogP) is 2.41. The Kier molecular flexibility index (Phi) is 2.31. The largest absolute Gasteiger partial charge is 0.302 e. The molecule has 0 unspecified atom stereocenters. The van der Waals surface area contributed by atoms with E-state index in [1.807, 2.05) is 0 Å². The second kappa shape index (κ2) is 3.24. The maximum atomic E-state index is 9.01. The standard InChI is InChI=1S/C12H20N2/c1-11(2)5-7-14(8-6-11)10-12(9-13)3-4-12/h3-8,10H2,1-2H3. The molecular formula is C12H20N2. The van der Waals surface area contributed by atoms with Gasteiger partial charge in [0.05, 0.1) is 11.5 Å². The molecule has 0 spiro atoms. The normalized spacial score (nSPS) is 29.5. The molecule has 2 fully saturated rings. The third-order valence-electron chi connectivity index (χ3n) is 3.83. The lowest BCUT2D eigenvalue weighted by molar-refractivity contribution is 0.121. The smallest absolute Gasteiger partial charge is 0.0703 e. The monoisotopic (exact) mass is 192 g/mol. The summed E-state index contributed by atoms with van der Waals surface area (Å²) in [5.41, 5.74) is 0.585. The quantitative estimate of drug-likeness (QED) is 0.672. The van der Waals surface area contributed by atoms with Gasteiger partial charge in [0.2, 0.25) is 0 Å². The summed E-state index contributed by atoms with van der Waals surface area (Å²) in [6, 6.07) is 2.48. The summed E-state index contributed by atoms with van der Waals surface area (Å²) in [5.74, 6) is 0. The van der Waals surface area contributed by atoms with Gasteiger partial charge >= 0.3 is 0 Å². The first-order valence-corrected chi connectivity index (χ1v) is 5.69. The van der Waals surface area contributed by atoms with Gasteiger partial charge in [0, 0.05) is 6.54 Å². The Morgan fingerprint density at radius 3 is 2.14 bits per heavy atom. The van der Waals surface area contributed by atoms with Crippen LogP contribution >= 0.6 is 0 Å². The molecule has 1 saturated carbocycles. The van der Waals surface area contributed by atoms with Crippen LogP contribution in [0.2, 0.25) is 0 Å². The molecule has 1 saturated heterocycles. The first-order chi connectivity index (χ1) is 6.55. The fourth-order valence-corrected chi connectivity index (χ4v) is 2.20. The second-order valence-corrected chi connectivity index (χ2v) is 5.83. The molecule has 0 aromatic carbocycles. The zero-order valence-electron chi connectivity index (χ0n) is 9.34. The average Bonchev–Trinajstić information content (AvgIpc) is 2.90. The number of piperidine rings is 1. The van der Waals surface area contributed by atoms with E-state index in [0.29, 0.717) is 5.41 Å². The lowest BCUT2D eigenvalue weighted by atomic mass is 9.82. The van der Waals surface area contributed by atoms with Gasteiger partial charge in [0.1, 0.15) is 0 Å². The minimum atomic E-state index is 0.0570. The molecule has 0 N–H and O–H groups in total. The Labute approximate surface area is 86.9 Å². The first kappa shape index (κ1) is 9.98. The van der Waals surface area contributed by atoms with Gasteiger partial charge in [-0.3, -0.25) is 0 Å². The fourth-order valence-electron chi connectivity index (χ4n) is 2.20. The van der Waals surface area contributed by atoms with Crippen molar-refractivity contribution < 1.29 is 0 Å². The minimum absolute atomic E-state index is 0.0570. The summed E-state index contributed by atoms with van der Waals surface area (Å²) in [7, 11) is 0. The molecule has 0 aromatic rings. The van der Waals surface area contributed by atoms with Crippen molar-refractivity contribution in [2.45, 2.75) is 39.5 Å². The SMILES string of the molecule is CC1(C)CCN(CC2(C#N)CC2)CC1. The summed E-state index contributed by atoms with van der Waals surface area (Å²) in [5, 5.41) is 9.01. The minimum Gasteiger partial charge on any atom is -0.302 e. The van der Waals surface area contributed by atoms with Crippen molar-refractivity contribution in [1.82, 2.24) is 4.90 Å². The maximum absolute atomic E-state index is 9.01. The van der Waals surface area contributed by atoms with E-state index < -0.39 is 0 Å². The number of hydrogen-bond acceptors (Lipinski definition) is 2. The van der Waals surface area contributed by atoms with Crippen LogP contribution in [0.3, 0.4) is 0 Å². The predicted molar refractivity (Wildman–Crippen MR) is 56.7 cm³/mol. The first-order valence-electron chi connectivity index (χ1n) is 5.69. The highest BCUT2D eigenvalue weighted by Crippen LogP contribution is 2.46. The molecular weight excluding hydrogens is 172 g/mol. The molecule has 2 rings (SSSR count). The molecule has 2 nitrogen and oxygen atoms in total. The van der Waals surface area contributed by atoms with Gasteiger partial charge in [-0.2, -0.15) is 5.26 Å². The van der Waals surface area contributed by atoms with E-state index in [4.69, 9.17) is 5.26 Å². The summed E-state index contributed by atoms with van der Waals surface area (Å²) in [6.07, 6.45) is 4.83. The van der Waals surface area contributed by atoms with Crippen LogP contribution in [-0.4, -0.2) is 24.5 Å². The Morgan fingerprint density at radius 1 is 1.14 bits per heavy atom. The van der Waals surface area contributed by atoms with Crippen LogP contribution < -0.4 is 0 Å². The van der Waals surface area contributed by atoms with Crippen molar-refractivity contribution in [2.24, 2.45) is 10.8 Å². The zero-order chi connectivity index (χ0) is 10.2. The maximum Gasteiger partial charge on any atom is 0.0703 e. The third-order valence-corrected chi connectivity index (χ3v) is 3.83. The van der Waals surface area contributed by atoms with Crippen molar-refractivity contribution in [2.75, 3.05) is 19.6 Å². The van der Waals surface area contributed by atoms with Gasteiger partial charge < -0.3 is 4.90 Å². The van der Waals surface area contributed by atoms with Crippen LogP contribution in [-0.2, 0) is 0 Å². The van der Waals surface area contributed by atoms with Crippen LogP contribution in [0.1, 0.15) is 39.5 Å². The number of hydrogen-bond donors (Lipinski definition) is 0. The lowest BCUT2D eigenvalue weighted by Gasteiger charge is -2.37. The second-order valence-electron chi connectivity index (χ2n) is 5.83. The van der Waals surface area contributed by atoms with Gasteiger partial charge in [-0.15, -0.1) is 0 Å². The highest BCUT2D eigenvalue weighted by Gasteiger charge is 2.45. The van der Waals surface area contributed by atoms with E-state index in [1.54, 1.807) is 0 Å². The molecule has 0 aromatic heterocycles. The van der Waals surface area contributed by atoms with Crippen molar-refractivity contribution in [3.05, 3.63) is 0 Å². The summed E-state index contributed by atoms with van der Waals surface area (Å²) in [4.78, 5) is 2.49. The number of likely N-dealkylation sites (tertiary alicyclic amines) is 1. The fraction of sp³-hybridized carbons (Fsp3) is 0.917. The van der Waals surface area contributed by atoms with Gasteiger partial charge in [-0.1, -0.05) is 13.8 Å². The van der Waals surface area contributed by atoms with Crippen molar-refractivity contribution >= 4 is 0 Å². The van der Waals surface area contributed by atoms with Crippen LogP contribution in [0, 0.1) is 22.2 Å². The molecule has 0 atom stereocenters. The topological polar surface area (TPSA) is 27.0 Å². The van der Waals surface area contributed by atoms with Gasteiger partial charge in [-0.25, -0.2) is 0 Å². The summed E-state index contributed by atoms with van der Waals surface area (Å²) in [6.45, 7) is 8.11. The van der Waals surface area contributed by atoms with E-state index in [9.17, 15) is 0 Å². The molecule has 0 amide bonds. The number of rotatable bonds is 2. The van der Waals surface area contributed by atoms with Crippen molar-refractivity contribution in [3.8, 4) is 6.07 Å². The van der Waals surface area contributed by atoms with E-state index in [0.717, 1.165) is 19.4 Å². The highest BCUT2D eigenvalue weighted by molar-refractivity contribution is 5.11. The Morgan fingerprint density at radius 2 is 1.71 bits per heavy atom. The van der Waals surface area contributed by atoms with E-state index in [-0.39, 0.29) is 5.41 Å².